The topological polar surface area (TPSA) is 50.4 Å². The van der Waals surface area contributed by atoms with Crippen LogP contribution in [0.15, 0.2) is 54.6 Å². The maximum Gasteiger partial charge on any atom is 0.338 e. The third kappa shape index (κ3) is 5.75. The Morgan fingerprint density at radius 3 is 2.12 bits per heavy atom. The smallest absolute Gasteiger partial charge is 0.338 e. The molecule has 0 aromatic heterocycles. The second kappa shape index (κ2) is 11.0. The van der Waals surface area contributed by atoms with E-state index in [1.54, 1.807) is 0 Å². The van der Waals surface area contributed by atoms with E-state index in [1.807, 2.05) is 6.92 Å². The van der Waals surface area contributed by atoms with Crippen LogP contribution in [0.5, 0.6) is 0 Å². The number of unbranched alkanes of at least 4 members (excludes halogenated alkanes) is 1. The lowest BCUT2D eigenvalue weighted by Gasteiger charge is -2.19. The largest absolute Gasteiger partial charge is 0.465 e. The molecule has 0 heterocycles. The summed E-state index contributed by atoms with van der Waals surface area (Å²) in [6.45, 7) is 11.5. The van der Waals surface area contributed by atoms with Crippen LogP contribution in [0.1, 0.15) is 55.1 Å². The SMILES string of the molecule is CCCCNc1ccc(-c2cc(C)c(-c3ccc(NC(C)C)cc3)c(C(=O)OC)c2C)cc1. The van der Waals surface area contributed by atoms with Crippen LogP contribution in [0.25, 0.3) is 22.3 Å². The second-order valence-corrected chi connectivity index (χ2v) is 8.84. The Morgan fingerprint density at radius 1 is 0.939 bits per heavy atom. The minimum atomic E-state index is -0.310. The number of aryl methyl sites for hydroxylation is 1. The van der Waals surface area contributed by atoms with Crippen LogP contribution >= 0.6 is 0 Å². The number of rotatable bonds is 9. The number of methoxy groups -OCH3 is 1. The normalized spacial score (nSPS) is 10.9. The average Bonchev–Trinajstić information content (AvgIpc) is 2.80. The number of carbonyl (C=O) groups is 1. The van der Waals surface area contributed by atoms with Crippen molar-refractivity contribution in [1.29, 1.82) is 0 Å². The zero-order valence-electron chi connectivity index (χ0n) is 20.7. The van der Waals surface area contributed by atoms with E-state index in [0.29, 0.717) is 11.6 Å². The van der Waals surface area contributed by atoms with Gasteiger partial charge in [-0.2, -0.15) is 0 Å². The Morgan fingerprint density at radius 2 is 1.55 bits per heavy atom. The summed E-state index contributed by atoms with van der Waals surface area (Å²) in [5.41, 5.74) is 8.85. The van der Waals surface area contributed by atoms with Gasteiger partial charge in [0.2, 0.25) is 0 Å². The highest BCUT2D eigenvalue weighted by molar-refractivity contribution is 6.02. The van der Waals surface area contributed by atoms with Crippen molar-refractivity contribution in [3.8, 4) is 22.3 Å². The van der Waals surface area contributed by atoms with Crippen molar-refractivity contribution >= 4 is 17.3 Å². The summed E-state index contributed by atoms with van der Waals surface area (Å²) in [6, 6.07) is 19.2. The second-order valence-electron chi connectivity index (χ2n) is 8.84. The Hall–Kier alpha value is -3.27. The summed E-state index contributed by atoms with van der Waals surface area (Å²) < 4.78 is 5.21. The molecule has 3 aromatic rings. The molecule has 0 aliphatic heterocycles. The number of hydrogen-bond donors (Lipinski definition) is 2. The van der Waals surface area contributed by atoms with E-state index in [2.05, 4.69) is 92.9 Å². The molecule has 4 nitrogen and oxygen atoms in total. The first kappa shape index (κ1) is 24.4. The van der Waals surface area contributed by atoms with Gasteiger partial charge in [-0.1, -0.05) is 43.7 Å². The summed E-state index contributed by atoms with van der Waals surface area (Å²) in [4.78, 5) is 12.9. The fraction of sp³-hybridized carbons (Fsp3) is 0.345. The van der Waals surface area contributed by atoms with Gasteiger partial charge in [0, 0.05) is 24.0 Å². The number of ether oxygens (including phenoxy) is 1. The molecule has 0 fully saturated rings. The summed E-state index contributed by atoms with van der Waals surface area (Å²) in [5.74, 6) is -0.310. The molecule has 0 aliphatic carbocycles. The first-order chi connectivity index (χ1) is 15.8. The third-order valence-corrected chi connectivity index (χ3v) is 5.86. The number of nitrogens with one attached hydrogen (secondary N) is 2. The van der Waals surface area contributed by atoms with Crippen LogP contribution in [0.3, 0.4) is 0 Å². The number of hydrogen-bond acceptors (Lipinski definition) is 4. The molecule has 0 unspecified atom stereocenters. The Kier molecular flexibility index (Phi) is 8.16. The molecule has 0 bridgehead atoms. The summed E-state index contributed by atoms with van der Waals surface area (Å²) in [5, 5.41) is 6.87. The number of anilines is 2. The van der Waals surface area contributed by atoms with Gasteiger partial charge in [0.05, 0.1) is 12.7 Å². The van der Waals surface area contributed by atoms with E-state index >= 15 is 0 Å². The van der Waals surface area contributed by atoms with Gasteiger partial charge in [-0.25, -0.2) is 4.79 Å². The molecule has 4 heteroatoms. The fourth-order valence-corrected chi connectivity index (χ4v) is 4.19. The first-order valence-corrected chi connectivity index (χ1v) is 11.8. The molecule has 0 atom stereocenters. The minimum Gasteiger partial charge on any atom is -0.465 e. The van der Waals surface area contributed by atoms with Crippen molar-refractivity contribution in [1.82, 2.24) is 0 Å². The lowest BCUT2D eigenvalue weighted by atomic mass is 9.86. The standard InChI is InChI=1S/C29H36N2O2/c1-7-8-17-30-24-13-9-22(10-14-24)26-18-20(4)27(28(21(26)5)29(32)33-6)23-11-15-25(16-12-23)31-19(2)3/h9-16,18-19,30-31H,7-8,17H2,1-6H3. The van der Waals surface area contributed by atoms with Crippen molar-refractivity contribution in [2.24, 2.45) is 0 Å². The van der Waals surface area contributed by atoms with Crippen molar-refractivity contribution < 1.29 is 9.53 Å². The molecule has 33 heavy (non-hydrogen) atoms. The van der Waals surface area contributed by atoms with Gasteiger partial charge in [-0.3, -0.25) is 0 Å². The van der Waals surface area contributed by atoms with E-state index in [-0.39, 0.29) is 5.97 Å². The molecule has 3 aromatic carbocycles. The van der Waals surface area contributed by atoms with Gasteiger partial charge in [0.15, 0.2) is 0 Å². The van der Waals surface area contributed by atoms with Gasteiger partial charge in [-0.05, 0) is 91.8 Å². The molecule has 2 N–H and O–H groups in total. The van der Waals surface area contributed by atoms with Crippen molar-refractivity contribution in [2.45, 2.75) is 53.5 Å². The predicted octanol–water partition coefficient (Wildman–Crippen LogP) is 7.46. The lowest BCUT2D eigenvalue weighted by Crippen LogP contribution is -2.10. The van der Waals surface area contributed by atoms with E-state index < -0.39 is 0 Å². The van der Waals surface area contributed by atoms with Gasteiger partial charge >= 0.3 is 5.97 Å². The summed E-state index contributed by atoms with van der Waals surface area (Å²) in [7, 11) is 1.44. The quantitative estimate of drug-likeness (QED) is 0.266. The molecule has 0 amide bonds. The molecule has 174 valence electrons. The molecule has 3 rings (SSSR count). The van der Waals surface area contributed by atoms with Gasteiger partial charge < -0.3 is 15.4 Å². The number of esters is 1. The molecule has 0 aliphatic rings. The minimum absolute atomic E-state index is 0.310. The van der Waals surface area contributed by atoms with Crippen LogP contribution in [0.4, 0.5) is 11.4 Å². The highest BCUT2D eigenvalue weighted by atomic mass is 16.5. The zero-order valence-corrected chi connectivity index (χ0v) is 20.7. The number of carbonyl (C=O) groups excluding carboxylic acids is 1. The van der Waals surface area contributed by atoms with Crippen LogP contribution in [-0.2, 0) is 4.74 Å². The van der Waals surface area contributed by atoms with E-state index in [0.717, 1.165) is 57.7 Å². The highest BCUT2D eigenvalue weighted by Gasteiger charge is 2.22. The van der Waals surface area contributed by atoms with Crippen molar-refractivity contribution in [2.75, 3.05) is 24.3 Å². The molecular formula is C29H36N2O2. The fourth-order valence-electron chi connectivity index (χ4n) is 4.19. The lowest BCUT2D eigenvalue weighted by molar-refractivity contribution is 0.0601. The summed E-state index contributed by atoms with van der Waals surface area (Å²) >= 11 is 0. The summed E-state index contributed by atoms with van der Waals surface area (Å²) in [6.07, 6.45) is 2.32. The maximum atomic E-state index is 12.9. The molecule has 0 saturated carbocycles. The monoisotopic (exact) mass is 444 g/mol. The predicted molar refractivity (Wildman–Crippen MR) is 140 cm³/mol. The average molecular weight is 445 g/mol. The highest BCUT2D eigenvalue weighted by Crippen LogP contribution is 2.37. The van der Waals surface area contributed by atoms with E-state index in [4.69, 9.17) is 4.74 Å². The van der Waals surface area contributed by atoms with Crippen molar-refractivity contribution in [3.63, 3.8) is 0 Å². The van der Waals surface area contributed by atoms with Crippen LogP contribution < -0.4 is 10.6 Å². The molecule has 0 spiro atoms. The molecule has 0 saturated heterocycles. The van der Waals surface area contributed by atoms with Crippen LogP contribution in [-0.4, -0.2) is 25.7 Å². The maximum absolute atomic E-state index is 12.9. The molecule has 0 radical (unpaired) electrons. The van der Waals surface area contributed by atoms with E-state index in [1.165, 1.54) is 13.5 Å². The Bertz CT molecular complexity index is 1080. The Labute approximate surface area is 198 Å². The first-order valence-electron chi connectivity index (χ1n) is 11.8. The van der Waals surface area contributed by atoms with Gasteiger partial charge in [0.1, 0.15) is 0 Å². The Balaban J connectivity index is 2.04. The molecular weight excluding hydrogens is 408 g/mol. The van der Waals surface area contributed by atoms with Crippen LogP contribution in [0.2, 0.25) is 0 Å². The third-order valence-electron chi connectivity index (χ3n) is 5.86. The van der Waals surface area contributed by atoms with Crippen LogP contribution in [0, 0.1) is 13.8 Å². The van der Waals surface area contributed by atoms with Crippen molar-refractivity contribution in [3.05, 3.63) is 71.3 Å². The van der Waals surface area contributed by atoms with E-state index in [9.17, 15) is 4.79 Å². The van der Waals surface area contributed by atoms with Gasteiger partial charge in [0.25, 0.3) is 0 Å². The number of benzene rings is 3. The zero-order chi connectivity index (χ0) is 24.0. The van der Waals surface area contributed by atoms with Gasteiger partial charge in [-0.15, -0.1) is 0 Å².